The van der Waals surface area contributed by atoms with Crippen molar-refractivity contribution in [3.8, 4) is 0 Å². The maximum Gasteiger partial charge on any atom is 0.415 e. The third-order valence-corrected chi connectivity index (χ3v) is 2.97. The number of β-amino-alcohol motifs (C(OH)–C–C–N with tert-alkyl or cyclic N) is 1. The van der Waals surface area contributed by atoms with Crippen LogP contribution in [0.25, 0.3) is 0 Å². The molecule has 102 valence electrons. The number of aliphatic hydroxyl groups excluding tert-OH is 1. The lowest BCUT2D eigenvalue weighted by Gasteiger charge is -2.34. The highest BCUT2D eigenvalue weighted by Crippen LogP contribution is 2.22. The van der Waals surface area contributed by atoms with Gasteiger partial charge in [-0.15, -0.1) is 0 Å². The first-order valence-electron chi connectivity index (χ1n) is 6.02. The SMILES string of the molecule is CC(C)NC1CCN(CC(O)C(F)(F)F)CC1. The second-order valence-corrected chi connectivity index (χ2v) is 4.95. The summed E-state index contributed by atoms with van der Waals surface area (Å²) < 4.78 is 36.5. The maximum absolute atomic E-state index is 12.2. The predicted molar refractivity (Wildman–Crippen MR) is 59.8 cm³/mol. The molecule has 0 bridgehead atoms. The molecule has 2 N–H and O–H groups in total. The average molecular weight is 254 g/mol. The monoisotopic (exact) mass is 254 g/mol. The van der Waals surface area contributed by atoms with E-state index in [1.165, 1.54) is 0 Å². The number of rotatable bonds is 4. The Labute approximate surface area is 100.0 Å². The van der Waals surface area contributed by atoms with Crippen LogP contribution in [0, 0.1) is 0 Å². The number of aliphatic hydroxyl groups is 1. The van der Waals surface area contributed by atoms with Gasteiger partial charge in [0, 0.05) is 18.6 Å². The molecule has 0 radical (unpaired) electrons. The summed E-state index contributed by atoms with van der Waals surface area (Å²) in [6.45, 7) is 5.02. The molecule has 1 rings (SSSR count). The van der Waals surface area contributed by atoms with Crippen molar-refractivity contribution < 1.29 is 18.3 Å². The summed E-state index contributed by atoms with van der Waals surface area (Å²) in [7, 11) is 0. The van der Waals surface area contributed by atoms with Gasteiger partial charge in [0.1, 0.15) is 0 Å². The van der Waals surface area contributed by atoms with E-state index in [-0.39, 0.29) is 6.54 Å². The van der Waals surface area contributed by atoms with Crippen LogP contribution in [0.2, 0.25) is 0 Å². The molecule has 0 aliphatic carbocycles. The summed E-state index contributed by atoms with van der Waals surface area (Å²) in [5.74, 6) is 0. The normalized spacial score (nSPS) is 22.1. The average Bonchev–Trinajstić information content (AvgIpc) is 2.18. The van der Waals surface area contributed by atoms with Crippen LogP contribution in [0.15, 0.2) is 0 Å². The molecule has 1 unspecified atom stereocenters. The highest BCUT2D eigenvalue weighted by atomic mass is 19.4. The van der Waals surface area contributed by atoms with Crippen molar-refractivity contribution in [2.24, 2.45) is 0 Å². The van der Waals surface area contributed by atoms with E-state index in [2.05, 4.69) is 19.2 Å². The van der Waals surface area contributed by atoms with Crippen molar-refractivity contribution in [1.29, 1.82) is 0 Å². The minimum Gasteiger partial charge on any atom is -0.382 e. The van der Waals surface area contributed by atoms with Gasteiger partial charge in [-0.05, 0) is 25.9 Å². The highest BCUT2D eigenvalue weighted by Gasteiger charge is 2.39. The Bertz CT molecular complexity index is 225. The first kappa shape index (κ1) is 14.7. The van der Waals surface area contributed by atoms with Crippen LogP contribution < -0.4 is 5.32 Å². The van der Waals surface area contributed by atoms with Crippen molar-refractivity contribution >= 4 is 0 Å². The Morgan fingerprint density at radius 1 is 1.29 bits per heavy atom. The molecule has 0 aromatic heterocycles. The lowest BCUT2D eigenvalue weighted by molar-refractivity contribution is -0.208. The Balaban J connectivity index is 2.28. The lowest BCUT2D eigenvalue weighted by Crippen LogP contribution is -2.48. The van der Waals surface area contributed by atoms with Gasteiger partial charge >= 0.3 is 6.18 Å². The Kier molecular flexibility index (Phi) is 5.22. The number of hydrogen-bond acceptors (Lipinski definition) is 3. The molecular formula is C11H21F3N2O. The van der Waals surface area contributed by atoms with Crippen LogP contribution in [0.1, 0.15) is 26.7 Å². The van der Waals surface area contributed by atoms with Crippen LogP contribution in [0.3, 0.4) is 0 Å². The molecule has 1 aliphatic heterocycles. The minimum absolute atomic E-state index is 0.308. The van der Waals surface area contributed by atoms with E-state index in [1.807, 2.05) is 0 Å². The van der Waals surface area contributed by atoms with E-state index in [0.717, 1.165) is 12.8 Å². The fourth-order valence-corrected chi connectivity index (χ4v) is 2.10. The fraction of sp³-hybridized carbons (Fsp3) is 1.00. The Morgan fingerprint density at radius 3 is 2.24 bits per heavy atom. The van der Waals surface area contributed by atoms with Crippen LogP contribution in [-0.4, -0.2) is 54.0 Å². The molecule has 3 nitrogen and oxygen atoms in total. The van der Waals surface area contributed by atoms with Gasteiger partial charge in [0.05, 0.1) is 0 Å². The van der Waals surface area contributed by atoms with Gasteiger partial charge in [0.15, 0.2) is 6.10 Å². The number of hydrogen-bond donors (Lipinski definition) is 2. The first-order chi connectivity index (χ1) is 7.79. The molecule has 1 atom stereocenters. The minimum atomic E-state index is -4.51. The van der Waals surface area contributed by atoms with Gasteiger partial charge in [0.2, 0.25) is 0 Å². The molecule has 1 fully saturated rings. The van der Waals surface area contributed by atoms with Crippen molar-refractivity contribution in [2.75, 3.05) is 19.6 Å². The van der Waals surface area contributed by atoms with Crippen molar-refractivity contribution in [3.05, 3.63) is 0 Å². The van der Waals surface area contributed by atoms with E-state index < -0.39 is 12.3 Å². The second-order valence-electron chi connectivity index (χ2n) is 4.95. The van der Waals surface area contributed by atoms with Crippen LogP contribution >= 0.6 is 0 Å². The van der Waals surface area contributed by atoms with Gasteiger partial charge in [0.25, 0.3) is 0 Å². The standard InChI is InChI=1S/C11H21F3N2O/c1-8(2)15-9-3-5-16(6-4-9)7-10(17)11(12,13)14/h8-10,15,17H,3-7H2,1-2H3. The topological polar surface area (TPSA) is 35.5 Å². The molecule has 0 saturated carbocycles. The van der Waals surface area contributed by atoms with Crippen LogP contribution in [0.5, 0.6) is 0 Å². The van der Waals surface area contributed by atoms with E-state index >= 15 is 0 Å². The number of likely N-dealkylation sites (tertiary alicyclic amines) is 1. The van der Waals surface area contributed by atoms with E-state index in [1.54, 1.807) is 4.90 Å². The van der Waals surface area contributed by atoms with E-state index in [4.69, 9.17) is 5.11 Å². The zero-order chi connectivity index (χ0) is 13.1. The molecule has 6 heteroatoms. The fourth-order valence-electron chi connectivity index (χ4n) is 2.10. The van der Waals surface area contributed by atoms with Gasteiger partial charge in [-0.3, -0.25) is 0 Å². The number of piperidine rings is 1. The highest BCUT2D eigenvalue weighted by molar-refractivity contribution is 4.80. The molecule has 1 heterocycles. The smallest absolute Gasteiger partial charge is 0.382 e. The maximum atomic E-state index is 12.2. The van der Waals surface area contributed by atoms with Gasteiger partial charge in [-0.25, -0.2) is 0 Å². The van der Waals surface area contributed by atoms with Crippen molar-refractivity contribution in [1.82, 2.24) is 10.2 Å². The summed E-state index contributed by atoms with van der Waals surface area (Å²) in [4.78, 5) is 1.68. The number of halogens is 3. The van der Waals surface area contributed by atoms with Crippen molar-refractivity contribution in [3.63, 3.8) is 0 Å². The molecule has 1 aliphatic rings. The number of nitrogens with zero attached hydrogens (tertiary/aromatic N) is 1. The van der Waals surface area contributed by atoms with Crippen LogP contribution in [-0.2, 0) is 0 Å². The molecule has 17 heavy (non-hydrogen) atoms. The summed E-state index contributed by atoms with van der Waals surface area (Å²) in [5.41, 5.74) is 0. The van der Waals surface area contributed by atoms with E-state index in [9.17, 15) is 13.2 Å². The summed E-state index contributed by atoms with van der Waals surface area (Å²) in [6.07, 6.45) is -5.06. The molecule has 0 aromatic carbocycles. The second kappa shape index (κ2) is 6.02. The number of nitrogens with one attached hydrogen (secondary N) is 1. The van der Waals surface area contributed by atoms with Gasteiger partial charge in [-0.2, -0.15) is 13.2 Å². The molecule has 0 aromatic rings. The van der Waals surface area contributed by atoms with E-state index in [0.29, 0.717) is 25.2 Å². The molecule has 0 spiro atoms. The summed E-state index contributed by atoms with van der Waals surface area (Å²) in [6, 6.07) is 0.779. The van der Waals surface area contributed by atoms with Crippen LogP contribution in [0.4, 0.5) is 13.2 Å². The van der Waals surface area contributed by atoms with Gasteiger partial charge < -0.3 is 15.3 Å². The lowest BCUT2D eigenvalue weighted by atomic mass is 10.0. The first-order valence-corrected chi connectivity index (χ1v) is 6.02. The zero-order valence-electron chi connectivity index (χ0n) is 10.3. The quantitative estimate of drug-likeness (QED) is 0.795. The van der Waals surface area contributed by atoms with Gasteiger partial charge in [-0.1, -0.05) is 13.8 Å². The largest absolute Gasteiger partial charge is 0.415 e. The molecule has 1 saturated heterocycles. The third kappa shape index (κ3) is 5.23. The number of alkyl halides is 3. The summed E-state index contributed by atoms with van der Waals surface area (Å²) in [5, 5.41) is 12.3. The zero-order valence-corrected chi connectivity index (χ0v) is 10.3. The molecular weight excluding hydrogens is 233 g/mol. The predicted octanol–water partition coefficient (Wildman–Crippen LogP) is 1.37. The third-order valence-electron chi connectivity index (χ3n) is 2.97. The molecule has 0 amide bonds. The Hall–Kier alpha value is -0.330. The summed E-state index contributed by atoms with van der Waals surface area (Å²) >= 11 is 0. The van der Waals surface area contributed by atoms with Crippen molar-refractivity contribution in [2.45, 2.75) is 51.1 Å². The Morgan fingerprint density at radius 2 is 1.82 bits per heavy atom.